The number of benzene rings is 2. The van der Waals surface area contributed by atoms with Gasteiger partial charge in [-0.25, -0.2) is 0 Å². The van der Waals surface area contributed by atoms with Crippen LogP contribution >= 0.6 is 0 Å². The molecule has 170 valence electrons. The van der Waals surface area contributed by atoms with E-state index in [2.05, 4.69) is 33.9 Å². The van der Waals surface area contributed by atoms with Gasteiger partial charge in [0.05, 0.1) is 19.8 Å². The third-order valence-corrected chi connectivity index (χ3v) is 10.8. The zero-order chi connectivity index (χ0) is 22.5. The Balaban J connectivity index is 1.70. The molecule has 0 aromatic heterocycles. The van der Waals surface area contributed by atoms with E-state index in [1.807, 2.05) is 60.7 Å². The van der Waals surface area contributed by atoms with Gasteiger partial charge in [-0.15, -0.1) is 0 Å². The second-order valence-electron chi connectivity index (χ2n) is 9.66. The molecule has 2 aromatic carbocycles. The average molecular weight is 445 g/mol. The van der Waals surface area contributed by atoms with Gasteiger partial charge in [0.1, 0.15) is 18.3 Å². The molecule has 1 saturated heterocycles. The Hall–Kier alpha value is -1.54. The predicted octanol–water partition coefficient (Wildman–Crippen LogP) is 4.90. The highest BCUT2D eigenvalue weighted by Gasteiger charge is 2.47. The lowest BCUT2D eigenvalue weighted by Gasteiger charge is -2.37. The van der Waals surface area contributed by atoms with Crippen molar-refractivity contribution in [1.29, 1.82) is 0 Å². The van der Waals surface area contributed by atoms with Crippen molar-refractivity contribution in [1.82, 2.24) is 0 Å². The van der Waals surface area contributed by atoms with Crippen LogP contribution in [0.25, 0.3) is 0 Å². The number of hydrogen-bond donors (Lipinski definition) is 1. The van der Waals surface area contributed by atoms with Crippen LogP contribution in [0.3, 0.4) is 0 Å². The van der Waals surface area contributed by atoms with E-state index in [-0.39, 0.29) is 5.04 Å². The largest absolute Gasteiger partial charge is 0.414 e. The first-order chi connectivity index (χ1) is 14.7. The molecule has 31 heavy (non-hydrogen) atoms. The van der Waals surface area contributed by atoms with Crippen molar-refractivity contribution in [3.63, 3.8) is 0 Å². The topological polar surface area (TPSA) is 57.2 Å². The van der Waals surface area contributed by atoms with Gasteiger partial charge in [0.15, 0.2) is 14.6 Å². The molecule has 1 fully saturated rings. The van der Waals surface area contributed by atoms with Crippen LogP contribution in [-0.2, 0) is 31.9 Å². The SMILES string of the molecule is CC(C)(C)[Si](C)(C)OCC1OC(O)[C@H](OCc2ccccc2)[C@H]1OCc1ccccc1. The molecule has 1 heterocycles. The van der Waals surface area contributed by atoms with Crippen LogP contribution < -0.4 is 0 Å². The lowest BCUT2D eigenvalue weighted by Crippen LogP contribution is -2.45. The number of aliphatic hydroxyl groups excluding tert-OH is 1. The van der Waals surface area contributed by atoms with Crippen LogP contribution in [0.5, 0.6) is 0 Å². The molecule has 2 unspecified atom stereocenters. The minimum absolute atomic E-state index is 0.0911. The third kappa shape index (κ3) is 6.48. The summed E-state index contributed by atoms with van der Waals surface area (Å²) in [4.78, 5) is 0. The molecule has 1 aliphatic heterocycles. The molecule has 0 aliphatic carbocycles. The quantitative estimate of drug-likeness (QED) is 0.558. The zero-order valence-corrected chi connectivity index (χ0v) is 20.3. The fourth-order valence-electron chi connectivity index (χ4n) is 3.26. The second-order valence-corrected chi connectivity index (χ2v) is 14.5. The van der Waals surface area contributed by atoms with E-state index in [0.717, 1.165) is 11.1 Å². The minimum Gasteiger partial charge on any atom is -0.414 e. The van der Waals surface area contributed by atoms with Crippen molar-refractivity contribution in [3.8, 4) is 0 Å². The summed E-state index contributed by atoms with van der Waals surface area (Å²) in [6.07, 6.45) is -2.47. The van der Waals surface area contributed by atoms with Gasteiger partial charge in [-0.2, -0.15) is 0 Å². The van der Waals surface area contributed by atoms with Crippen molar-refractivity contribution in [2.75, 3.05) is 6.61 Å². The van der Waals surface area contributed by atoms with Crippen molar-refractivity contribution in [3.05, 3.63) is 71.8 Å². The van der Waals surface area contributed by atoms with Gasteiger partial charge in [-0.3, -0.25) is 0 Å². The van der Waals surface area contributed by atoms with Crippen LogP contribution in [0.2, 0.25) is 18.1 Å². The summed E-state index contributed by atoms with van der Waals surface area (Å²) in [5.74, 6) is 0. The first kappa shape index (κ1) is 24.1. The molecule has 0 radical (unpaired) electrons. The van der Waals surface area contributed by atoms with Gasteiger partial charge in [0.25, 0.3) is 0 Å². The molecule has 2 aromatic rings. The van der Waals surface area contributed by atoms with Gasteiger partial charge in [0.2, 0.25) is 0 Å². The molecule has 0 saturated carbocycles. The molecule has 1 N–H and O–H groups in total. The van der Waals surface area contributed by atoms with E-state index in [4.69, 9.17) is 18.6 Å². The Morgan fingerprint density at radius 2 is 1.32 bits per heavy atom. The van der Waals surface area contributed by atoms with Gasteiger partial charge in [-0.05, 0) is 29.3 Å². The monoisotopic (exact) mass is 444 g/mol. The lowest BCUT2D eigenvalue weighted by atomic mass is 10.1. The molecular weight excluding hydrogens is 408 g/mol. The molecule has 0 amide bonds. The maximum absolute atomic E-state index is 10.6. The summed E-state index contributed by atoms with van der Waals surface area (Å²) in [7, 11) is -1.96. The molecule has 6 heteroatoms. The summed E-state index contributed by atoms with van der Waals surface area (Å²) >= 11 is 0. The van der Waals surface area contributed by atoms with E-state index in [1.165, 1.54) is 0 Å². The van der Waals surface area contributed by atoms with Crippen molar-refractivity contribution < 1.29 is 23.7 Å². The van der Waals surface area contributed by atoms with Crippen LogP contribution in [0.15, 0.2) is 60.7 Å². The average Bonchev–Trinajstić information content (AvgIpc) is 3.04. The molecule has 1 aliphatic rings. The third-order valence-electron chi connectivity index (χ3n) is 6.27. The minimum atomic E-state index is -1.96. The highest BCUT2D eigenvalue weighted by molar-refractivity contribution is 6.74. The molecule has 0 bridgehead atoms. The smallest absolute Gasteiger partial charge is 0.192 e. The predicted molar refractivity (Wildman–Crippen MR) is 124 cm³/mol. The van der Waals surface area contributed by atoms with Crippen LogP contribution in [0.4, 0.5) is 0 Å². The Bertz CT molecular complexity index is 791. The van der Waals surface area contributed by atoms with Crippen molar-refractivity contribution in [2.24, 2.45) is 0 Å². The molecule has 4 atom stereocenters. The lowest BCUT2D eigenvalue weighted by molar-refractivity contribution is -0.151. The summed E-state index contributed by atoms with van der Waals surface area (Å²) in [6, 6.07) is 19.9. The highest BCUT2D eigenvalue weighted by atomic mass is 28.4. The normalized spacial score (nSPS) is 24.5. The van der Waals surface area contributed by atoms with Crippen LogP contribution in [-0.4, -0.2) is 44.6 Å². The maximum Gasteiger partial charge on any atom is 0.192 e. The van der Waals surface area contributed by atoms with Crippen LogP contribution in [0, 0.1) is 0 Å². The number of hydrogen-bond acceptors (Lipinski definition) is 5. The standard InChI is InChI=1S/C25H36O5Si/c1-25(2,3)31(4,5)29-18-21-22(27-16-19-12-8-6-9-13-19)23(24(26)30-21)28-17-20-14-10-7-11-15-20/h6-15,21-24,26H,16-18H2,1-5H3/t21?,22-,23+,24?/m0/s1. The van der Waals surface area contributed by atoms with E-state index in [0.29, 0.717) is 19.8 Å². The summed E-state index contributed by atoms with van der Waals surface area (Å²) in [5, 5.41) is 10.7. The van der Waals surface area contributed by atoms with E-state index in [9.17, 15) is 5.11 Å². The van der Waals surface area contributed by atoms with Gasteiger partial charge >= 0.3 is 0 Å². The van der Waals surface area contributed by atoms with E-state index >= 15 is 0 Å². The van der Waals surface area contributed by atoms with Gasteiger partial charge in [-0.1, -0.05) is 81.4 Å². The Morgan fingerprint density at radius 3 is 1.81 bits per heavy atom. The zero-order valence-electron chi connectivity index (χ0n) is 19.3. The highest BCUT2D eigenvalue weighted by Crippen LogP contribution is 2.37. The fourth-order valence-corrected chi connectivity index (χ4v) is 4.28. The summed E-state index contributed by atoms with van der Waals surface area (Å²) < 4.78 is 24.6. The maximum atomic E-state index is 10.6. The van der Waals surface area contributed by atoms with E-state index < -0.39 is 32.9 Å². The summed E-state index contributed by atoms with van der Waals surface area (Å²) in [5.41, 5.74) is 2.10. The molecular formula is C25H36O5Si. The first-order valence-electron chi connectivity index (χ1n) is 11.0. The van der Waals surface area contributed by atoms with Crippen LogP contribution in [0.1, 0.15) is 31.9 Å². The van der Waals surface area contributed by atoms with Crippen molar-refractivity contribution in [2.45, 2.75) is 76.7 Å². The second kappa shape index (κ2) is 10.4. The number of rotatable bonds is 9. The Labute approximate surface area is 187 Å². The number of ether oxygens (including phenoxy) is 3. The first-order valence-corrected chi connectivity index (χ1v) is 13.9. The van der Waals surface area contributed by atoms with E-state index in [1.54, 1.807) is 0 Å². The number of aliphatic hydroxyl groups is 1. The molecule has 0 spiro atoms. The molecule has 3 rings (SSSR count). The van der Waals surface area contributed by atoms with Gasteiger partial charge in [0, 0.05) is 0 Å². The molecule has 5 nitrogen and oxygen atoms in total. The summed E-state index contributed by atoms with van der Waals surface area (Å²) in [6.45, 7) is 12.2. The Morgan fingerprint density at radius 1 is 0.839 bits per heavy atom. The Kier molecular flexibility index (Phi) is 8.07. The van der Waals surface area contributed by atoms with Gasteiger partial charge < -0.3 is 23.7 Å². The fraction of sp³-hybridized carbons (Fsp3) is 0.520. The van der Waals surface area contributed by atoms with Crippen molar-refractivity contribution >= 4 is 8.32 Å².